The predicted molar refractivity (Wildman–Crippen MR) is 74.9 cm³/mol. The first kappa shape index (κ1) is 13.7. The number of anilines is 1. The minimum absolute atomic E-state index is 0.0589. The molecule has 0 spiro atoms. The van der Waals surface area contributed by atoms with Crippen molar-refractivity contribution >= 4 is 27.5 Å². The third kappa shape index (κ3) is 3.38. The van der Waals surface area contributed by atoms with Gasteiger partial charge in [-0.25, -0.2) is 13.1 Å². The molecule has 0 unspecified atom stereocenters. The highest BCUT2D eigenvalue weighted by Gasteiger charge is 2.21. The molecular weight excluding hydrogens is 270 g/mol. The maximum Gasteiger partial charge on any atom is 0.240 e. The Balaban J connectivity index is 2.08. The number of hydrogen-bond donors (Lipinski definition) is 3. The van der Waals surface area contributed by atoms with Crippen LogP contribution in [-0.2, 0) is 10.0 Å². The number of hydrazine groups is 1. The molecule has 0 atom stereocenters. The Kier molecular flexibility index (Phi) is 4.50. The zero-order valence-electron chi connectivity index (χ0n) is 9.93. The molecule has 1 aliphatic rings. The number of benzene rings is 1. The molecule has 4 N–H and O–H groups in total. The lowest BCUT2D eigenvalue weighted by molar-refractivity contribution is 0.529. The fraction of sp³-hybridized carbons (Fsp3) is 0.455. The Morgan fingerprint density at radius 3 is 2.33 bits per heavy atom. The molecule has 1 saturated heterocycles. The highest BCUT2D eigenvalue weighted by molar-refractivity contribution is 7.99. The van der Waals surface area contributed by atoms with Gasteiger partial charge >= 0.3 is 0 Å². The summed E-state index contributed by atoms with van der Waals surface area (Å²) in [4.78, 5) is 0.278. The Hall–Kier alpha value is -0.760. The van der Waals surface area contributed by atoms with Crippen LogP contribution in [0.5, 0.6) is 0 Å². The van der Waals surface area contributed by atoms with E-state index < -0.39 is 10.0 Å². The van der Waals surface area contributed by atoms with Crippen molar-refractivity contribution in [2.24, 2.45) is 5.84 Å². The zero-order chi connectivity index (χ0) is 13.0. The molecule has 18 heavy (non-hydrogen) atoms. The average molecular weight is 287 g/mol. The van der Waals surface area contributed by atoms with Crippen LogP contribution in [0.2, 0.25) is 0 Å². The molecule has 0 aliphatic carbocycles. The average Bonchev–Trinajstić information content (AvgIpc) is 2.39. The molecule has 0 saturated carbocycles. The van der Waals surface area contributed by atoms with Crippen LogP contribution in [0.4, 0.5) is 5.69 Å². The summed E-state index contributed by atoms with van der Waals surface area (Å²) in [6, 6.07) is 6.45. The minimum Gasteiger partial charge on any atom is -0.324 e. The zero-order valence-corrected chi connectivity index (χ0v) is 11.6. The standard InChI is InChI=1S/C11H17N3O2S2/c12-13-9-1-3-11(4-2-9)18(15,16)14-10-5-7-17-8-6-10/h1-4,10,13-14H,5-8,12H2. The summed E-state index contributed by atoms with van der Waals surface area (Å²) in [5, 5.41) is 0. The summed E-state index contributed by atoms with van der Waals surface area (Å²) in [5.41, 5.74) is 3.15. The van der Waals surface area contributed by atoms with Gasteiger partial charge in [-0.05, 0) is 48.6 Å². The lowest BCUT2D eigenvalue weighted by atomic mass is 10.2. The van der Waals surface area contributed by atoms with E-state index >= 15 is 0 Å². The predicted octanol–water partition coefficient (Wildman–Crippen LogP) is 1.15. The van der Waals surface area contributed by atoms with Gasteiger partial charge in [-0.3, -0.25) is 5.84 Å². The maximum absolute atomic E-state index is 12.1. The van der Waals surface area contributed by atoms with E-state index in [-0.39, 0.29) is 10.9 Å². The van der Waals surface area contributed by atoms with Crippen LogP contribution >= 0.6 is 11.8 Å². The first-order valence-corrected chi connectivity index (χ1v) is 8.42. The fourth-order valence-electron chi connectivity index (χ4n) is 1.83. The van der Waals surface area contributed by atoms with E-state index in [0.29, 0.717) is 5.69 Å². The van der Waals surface area contributed by atoms with Crippen LogP contribution in [0.1, 0.15) is 12.8 Å². The fourth-order valence-corrected chi connectivity index (χ4v) is 4.24. The van der Waals surface area contributed by atoms with Crippen LogP contribution < -0.4 is 16.0 Å². The van der Waals surface area contributed by atoms with Crippen LogP contribution in [0.25, 0.3) is 0 Å². The highest BCUT2D eigenvalue weighted by Crippen LogP contribution is 2.20. The number of nitrogen functional groups attached to an aromatic ring is 1. The quantitative estimate of drug-likeness (QED) is 0.571. The Morgan fingerprint density at radius 1 is 1.17 bits per heavy atom. The Morgan fingerprint density at radius 2 is 1.78 bits per heavy atom. The summed E-state index contributed by atoms with van der Waals surface area (Å²) in [7, 11) is -3.41. The van der Waals surface area contributed by atoms with E-state index in [1.54, 1.807) is 24.3 Å². The van der Waals surface area contributed by atoms with Crippen molar-refractivity contribution < 1.29 is 8.42 Å². The number of sulfonamides is 1. The van der Waals surface area contributed by atoms with Crippen molar-refractivity contribution in [2.75, 3.05) is 16.9 Å². The van der Waals surface area contributed by atoms with Crippen LogP contribution in [0.3, 0.4) is 0 Å². The van der Waals surface area contributed by atoms with E-state index in [1.807, 2.05) is 11.8 Å². The summed E-state index contributed by atoms with van der Waals surface area (Å²) in [6.45, 7) is 0. The van der Waals surface area contributed by atoms with Gasteiger partial charge in [-0.1, -0.05) is 0 Å². The van der Waals surface area contributed by atoms with Crippen molar-refractivity contribution in [3.8, 4) is 0 Å². The van der Waals surface area contributed by atoms with E-state index in [2.05, 4.69) is 10.1 Å². The third-order valence-corrected chi connectivity index (χ3v) is 5.46. The molecule has 0 amide bonds. The Labute approximate surface area is 112 Å². The second kappa shape index (κ2) is 5.92. The van der Waals surface area contributed by atoms with Crippen LogP contribution in [-0.4, -0.2) is 26.0 Å². The van der Waals surface area contributed by atoms with E-state index in [4.69, 9.17) is 5.84 Å². The van der Waals surface area contributed by atoms with Crippen LogP contribution in [0.15, 0.2) is 29.2 Å². The van der Waals surface area contributed by atoms with Crippen molar-refractivity contribution in [1.29, 1.82) is 0 Å². The molecule has 7 heteroatoms. The second-order valence-corrected chi connectivity index (χ2v) is 7.12. The molecule has 1 aliphatic heterocycles. The molecule has 0 bridgehead atoms. The molecule has 5 nitrogen and oxygen atoms in total. The van der Waals surface area contributed by atoms with Gasteiger partial charge in [0.2, 0.25) is 10.0 Å². The van der Waals surface area contributed by atoms with Gasteiger partial charge in [0.1, 0.15) is 0 Å². The molecule has 1 aromatic carbocycles. The summed E-state index contributed by atoms with van der Waals surface area (Å²) in [5.74, 6) is 7.28. The largest absolute Gasteiger partial charge is 0.324 e. The van der Waals surface area contributed by atoms with Crippen molar-refractivity contribution in [1.82, 2.24) is 4.72 Å². The minimum atomic E-state index is -3.41. The van der Waals surface area contributed by atoms with Gasteiger partial charge in [0.25, 0.3) is 0 Å². The first-order chi connectivity index (χ1) is 8.62. The summed E-state index contributed by atoms with van der Waals surface area (Å²) < 4.78 is 27.0. The molecule has 1 aromatic rings. The van der Waals surface area contributed by atoms with Gasteiger partial charge in [-0.15, -0.1) is 0 Å². The highest BCUT2D eigenvalue weighted by atomic mass is 32.2. The number of hydrogen-bond acceptors (Lipinski definition) is 5. The molecule has 1 fully saturated rings. The van der Waals surface area contributed by atoms with Gasteiger partial charge < -0.3 is 5.43 Å². The normalized spacial score (nSPS) is 17.6. The number of rotatable bonds is 4. The van der Waals surface area contributed by atoms with Crippen LogP contribution in [0, 0.1) is 0 Å². The van der Waals surface area contributed by atoms with Crippen molar-refractivity contribution in [2.45, 2.75) is 23.8 Å². The lowest BCUT2D eigenvalue weighted by Crippen LogP contribution is -2.37. The van der Waals surface area contributed by atoms with Gasteiger partial charge in [0.05, 0.1) is 4.90 Å². The third-order valence-electron chi connectivity index (χ3n) is 2.87. The monoisotopic (exact) mass is 287 g/mol. The van der Waals surface area contributed by atoms with E-state index in [9.17, 15) is 8.42 Å². The molecule has 0 radical (unpaired) electrons. The van der Waals surface area contributed by atoms with Crippen molar-refractivity contribution in [3.63, 3.8) is 0 Å². The molecule has 0 aromatic heterocycles. The summed E-state index contributed by atoms with van der Waals surface area (Å²) >= 11 is 1.87. The molecular formula is C11H17N3O2S2. The molecule has 100 valence electrons. The van der Waals surface area contributed by atoms with E-state index in [0.717, 1.165) is 24.3 Å². The summed E-state index contributed by atoms with van der Waals surface area (Å²) in [6.07, 6.45) is 1.79. The Bertz CT molecular complexity index is 482. The first-order valence-electron chi connectivity index (χ1n) is 5.78. The molecule has 2 rings (SSSR count). The second-order valence-electron chi connectivity index (χ2n) is 4.18. The lowest BCUT2D eigenvalue weighted by Gasteiger charge is -2.22. The number of nitrogens with one attached hydrogen (secondary N) is 2. The van der Waals surface area contributed by atoms with Crippen molar-refractivity contribution in [3.05, 3.63) is 24.3 Å². The van der Waals surface area contributed by atoms with Gasteiger partial charge in [0, 0.05) is 11.7 Å². The number of nitrogens with two attached hydrogens (primary N) is 1. The van der Waals surface area contributed by atoms with E-state index in [1.165, 1.54) is 0 Å². The SMILES string of the molecule is NNc1ccc(S(=O)(=O)NC2CCSCC2)cc1. The molecule has 1 heterocycles. The van der Waals surface area contributed by atoms with Gasteiger partial charge in [0.15, 0.2) is 0 Å². The topological polar surface area (TPSA) is 84.2 Å². The smallest absolute Gasteiger partial charge is 0.240 e. The number of thioether (sulfide) groups is 1. The maximum atomic E-state index is 12.1. The van der Waals surface area contributed by atoms with Gasteiger partial charge in [-0.2, -0.15) is 11.8 Å².